The zero-order chi connectivity index (χ0) is 18.3. The Morgan fingerprint density at radius 3 is 1.85 bits per heavy atom. The van der Waals surface area contributed by atoms with Gasteiger partial charge in [0.2, 0.25) is 0 Å². The first-order chi connectivity index (χ1) is 13.4. The summed E-state index contributed by atoms with van der Waals surface area (Å²) in [7, 11) is 0. The number of hydrogen-bond donors (Lipinski definition) is 1. The Morgan fingerprint density at radius 2 is 1.15 bits per heavy atom. The largest absolute Gasteiger partial charge is 0.197 e. The van der Waals surface area contributed by atoms with Gasteiger partial charge in [-0.25, -0.2) is 0 Å². The van der Waals surface area contributed by atoms with Crippen molar-refractivity contribution in [3.63, 3.8) is 0 Å². The highest BCUT2D eigenvalue weighted by Gasteiger charge is 2.10. The summed E-state index contributed by atoms with van der Waals surface area (Å²) in [6.07, 6.45) is 8.26. The van der Waals surface area contributed by atoms with E-state index in [1.807, 2.05) is 60.7 Å². The van der Waals surface area contributed by atoms with Crippen molar-refractivity contribution in [1.82, 2.24) is 15.4 Å². The molecule has 0 bridgehead atoms. The van der Waals surface area contributed by atoms with E-state index >= 15 is 0 Å². The molecule has 130 valence electrons. The molecule has 3 nitrogen and oxygen atoms in total. The summed E-state index contributed by atoms with van der Waals surface area (Å²) in [4.78, 5) is 0. The normalized spacial score (nSPS) is 11.4. The van der Waals surface area contributed by atoms with Crippen molar-refractivity contribution in [2.24, 2.45) is 0 Å². The quantitative estimate of drug-likeness (QED) is 0.462. The summed E-state index contributed by atoms with van der Waals surface area (Å²) in [6, 6.07) is 28.7. The van der Waals surface area contributed by atoms with Gasteiger partial charge in [0.05, 0.1) is 0 Å². The fourth-order valence-electron chi connectivity index (χ4n) is 2.90. The van der Waals surface area contributed by atoms with Crippen molar-refractivity contribution in [3.8, 4) is 11.3 Å². The van der Waals surface area contributed by atoms with Gasteiger partial charge in [0.1, 0.15) is 11.4 Å². The smallest absolute Gasteiger partial charge is 0.120 e. The number of benzene rings is 3. The molecule has 0 aliphatic heterocycles. The fraction of sp³-hybridized carbons (Fsp3) is 0. The Hall–Kier alpha value is -3.72. The van der Waals surface area contributed by atoms with Crippen molar-refractivity contribution in [3.05, 3.63) is 107 Å². The topological polar surface area (TPSA) is 41.6 Å². The van der Waals surface area contributed by atoms with Crippen LogP contribution in [0.5, 0.6) is 0 Å². The van der Waals surface area contributed by atoms with E-state index < -0.39 is 0 Å². The lowest BCUT2D eigenvalue weighted by Gasteiger charge is -2.04. The molecule has 0 spiro atoms. The highest BCUT2D eigenvalue weighted by Crippen LogP contribution is 2.26. The number of aromatic nitrogens is 3. The Labute approximate surface area is 158 Å². The number of hydrogen-bond acceptors (Lipinski definition) is 2. The van der Waals surface area contributed by atoms with E-state index in [9.17, 15) is 0 Å². The average Bonchev–Trinajstić information content (AvgIpc) is 3.21. The van der Waals surface area contributed by atoms with Crippen LogP contribution in [0.4, 0.5) is 0 Å². The van der Waals surface area contributed by atoms with Gasteiger partial charge in [0, 0.05) is 5.56 Å². The molecule has 3 aromatic carbocycles. The van der Waals surface area contributed by atoms with Gasteiger partial charge in [-0.1, -0.05) is 103 Å². The van der Waals surface area contributed by atoms with Crippen LogP contribution in [0.2, 0.25) is 0 Å². The van der Waals surface area contributed by atoms with Gasteiger partial charge in [-0.15, -0.1) is 0 Å². The molecule has 0 atom stereocenters. The van der Waals surface area contributed by atoms with Crippen molar-refractivity contribution in [2.75, 3.05) is 0 Å². The third kappa shape index (κ3) is 4.10. The van der Waals surface area contributed by atoms with Gasteiger partial charge in [-0.3, -0.25) is 0 Å². The minimum absolute atomic E-state index is 0.819. The molecule has 1 N–H and O–H groups in total. The van der Waals surface area contributed by atoms with Crippen LogP contribution >= 0.6 is 0 Å². The molecule has 27 heavy (non-hydrogen) atoms. The third-order valence-electron chi connectivity index (χ3n) is 4.28. The minimum Gasteiger partial charge on any atom is -0.197 e. The number of nitrogens with zero attached hydrogens (tertiary/aromatic N) is 2. The molecular formula is C24H19N3. The maximum absolute atomic E-state index is 4.39. The van der Waals surface area contributed by atoms with E-state index in [1.54, 1.807) is 0 Å². The second-order valence-corrected chi connectivity index (χ2v) is 6.13. The molecule has 4 aromatic rings. The van der Waals surface area contributed by atoms with Crippen molar-refractivity contribution in [2.45, 2.75) is 0 Å². The zero-order valence-electron chi connectivity index (χ0n) is 14.8. The van der Waals surface area contributed by atoms with Crippen LogP contribution in [0.3, 0.4) is 0 Å². The van der Waals surface area contributed by atoms with E-state index in [1.165, 1.54) is 0 Å². The summed E-state index contributed by atoms with van der Waals surface area (Å²) in [5.41, 5.74) is 6.10. The molecule has 1 heterocycles. The molecule has 0 radical (unpaired) electrons. The van der Waals surface area contributed by atoms with Gasteiger partial charge < -0.3 is 0 Å². The summed E-state index contributed by atoms with van der Waals surface area (Å²) >= 11 is 0. The highest BCUT2D eigenvalue weighted by molar-refractivity contribution is 5.83. The minimum atomic E-state index is 0.819. The Balaban J connectivity index is 1.66. The number of rotatable bonds is 5. The van der Waals surface area contributed by atoms with Crippen LogP contribution in [0, 0.1) is 0 Å². The molecule has 0 unspecified atom stereocenters. The van der Waals surface area contributed by atoms with Gasteiger partial charge in [-0.2, -0.15) is 15.4 Å². The number of aromatic amines is 1. The molecule has 0 saturated heterocycles. The van der Waals surface area contributed by atoms with Crippen LogP contribution in [0.25, 0.3) is 35.6 Å². The second-order valence-electron chi connectivity index (χ2n) is 6.13. The summed E-state index contributed by atoms with van der Waals surface area (Å²) in [5.74, 6) is 0. The lowest BCUT2D eigenvalue weighted by molar-refractivity contribution is 0.939. The molecule has 0 aliphatic carbocycles. The van der Waals surface area contributed by atoms with Crippen LogP contribution in [0.1, 0.15) is 22.4 Å². The van der Waals surface area contributed by atoms with Gasteiger partial charge in [-0.05, 0) is 22.8 Å². The monoisotopic (exact) mass is 349 g/mol. The summed E-state index contributed by atoms with van der Waals surface area (Å²) in [6.45, 7) is 0. The first-order valence-electron chi connectivity index (χ1n) is 8.86. The standard InChI is InChI=1S/C24H19N3/c1-3-9-19(10-4-1)15-17-21-13-7-8-14-22(21)24-23(25-27-26-24)18-16-20-11-5-2-6-12-20/h1-18H,(H,25,26,27). The molecule has 0 saturated carbocycles. The van der Waals surface area contributed by atoms with Gasteiger partial charge in [0.25, 0.3) is 0 Å². The van der Waals surface area contributed by atoms with Crippen LogP contribution in [0.15, 0.2) is 84.9 Å². The first kappa shape index (κ1) is 16.7. The predicted octanol–water partition coefficient (Wildman–Crippen LogP) is 5.81. The molecule has 1 aromatic heterocycles. The Bertz CT molecular complexity index is 1060. The maximum atomic E-state index is 4.39. The van der Waals surface area contributed by atoms with Crippen LogP contribution in [-0.4, -0.2) is 15.4 Å². The van der Waals surface area contributed by atoms with Crippen molar-refractivity contribution in [1.29, 1.82) is 0 Å². The van der Waals surface area contributed by atoms with E-state index in [4.69, 9.17) is 0 Å². The average molecular weight is 349 g/mol. The van der Waals surface area contributed by atoms with Crippen LogP contribution < -0.4 is 0 Å². The Kier molecular flexibility index (Phi) is 5.02. The first-order valence-corrected chi connectivity index (χ1v) is 8.86. The van der Waals surface area contributed by atoms with Crippen molar-refractivity contribution >= 4 is 24.3 Å². The molecular weight excluding hydrogens is 330 g/mol. The zero-order valence-corrected chi connectivity index (χ0v) is 14.8. The third-order valence-corrected chi connectivity index (χ3v) is 4.28. The fourth-order valence-corrected chi connectivity index (χ4v) is 2.90. The second kappa shape index (κ2) is 8.11. The molecule has 0 fully saturated rings. The predicted molar refractivity (Wildman–Crippen MR) is 113 cm³/mol. The molecule has 0 amide bonds. The number of nitrogens with one attached hydrogen (secondary N) is 1. The van der Waals surface area contributed by atoms with E-state index in [-0.39, 0.29) is 0 Å². The van der Waals surface area contributed by atoms with Crippen LogP contribution in [-0.2, 0) is 0 Å². The van der Waals surface area contributed by atoms with Gasteiger partial charge >= 0.3 is 0 Å². The molecule has 3 heteroatoms. The Morgan fingerprint density at radius 1 is 0.556 bits per heavy atom. The number of H-pyrrole nitrogens is 1. The molecule has 0 aliphatic rings. The van der Waals surface area contributed by atoms with Gasteiger partial charge in [0.15, 0.2) is 0 Å². The maximum Gasteiger partial charge on any atom is 0.120 e. The van der Waals surface area contributed by atoms with E-state index in [2.05, 4.69) is 64.0 Å². The van der Waals surface area contributed by atoms with E-state index in [0.29, 0.717) is 0 Å². The summed E-state index contributed by atoms with van der Waals surface area (Å²) in [5, 5.41) is 11.5. The highest BCUT2D eigenvalue weighted by atomic mass is 15.3. The molecule has 4 rings (SSSR count). The van der Waals surface area contributed by atoms with Crippen molar-refractivity contribution < 1.29 is 0 Å². The van der Waals surface area contributed by atoms with E-state index in [0.717, 1.165) is 33.6 Å². The SMILES string of the molecule is C(=Cc1ccccc1-c1n[nH]nc1C=Cc1ccccc1)c1ccccc1. The summed E-state index contributed by atoms with van der Waals surface area (Å²) < 4.78 is 0. The lowest BCUT2D eigenvalue weighted by atomic mass is 10.0. The lowest BCUT2D eigenvalue weighted by Crippen LogP contribution is -1.86.